The number of nitrogens with zero attached hydrogens (tertiary/aromatic N) is 2. The van der Waals surface area contributed by atoms with Gasteiger partial charge in [0.15, 0.2) is 0 Å². The van der Waals surface area contributed by atoms with Gasteiger partial charge in [-0.15, -0.1) is 24.8 Å². The van der Waals surface area contributed by atoms with Gasteiger partial charge in [0.25, 0.3) is 0 Å². The minimum atomic E-state index is -0.424. The normalized spacial score (nSPS) is 16.4. The van der Waals surface area contributed by atoms with E-state index < -0.39 is 5.82 Å². The summed E-state index contributed by atoms with van der Waals surface area (Å²) in [7, 11) is 0. The molecule has 0 aliphatic carbocycles. The molecule has 1 N–H and O–H groups in total. The van der Waals surface area contributed by atoms with Crippen molar-refractivity contribution in [3.8, 4) is 6.07 Å². The quantitative estimate of drug-likeness (QED) is 0.918. The van der Waals surface area contributed by atoms with Crippen LogP contribution in [-0.2, 0) is 0 Å². The summed E-state index contributed by atoms with van der Waals surface area (Å²) in [4.78, 5) is 2.21. The Morgan fingerprint density at radius 1 is 1.35 bits per heavy atom. The Hall–Kier alpha value is -0.570. The maximum atomic E-state index is 13.5. The van der Waals surface area contributed by atoms with Crippen molar-refractivity contribution in [3.63, 3.8) is 0 Å². The molecule has 3 nitrogen and oxygen atoms in total. The molecule has 1 aromatic rings. The molecule has 0 aromatic heterocycles. The standard InChI is InChI=1S/C13H15ClFN3.2ClH/c14-11-2-1-10(9-12(11)15)13(3-4-16)18-7-5-17-6-8-18;;/h1-2,9,13,17H,3,5-8H2;2*1H/t13-;;/m0../s1. The summed E-state index contributed by atoms with van der Waals surface area (Å²) in [6.07, 6.45) is 0.362. The van der Waals surface area contributed by atoms with Gasteiger partial charge in [-0.05, 0) is 17.7 Å². The summed E-state index contributed by atoms with van der Waals surface area (Å²) < 4.78 is 13.5. The lowest BCUT2D eigenvalue weighted by Gasteiger charge is -2.34. The average molecular weight is 341 g/mol. The molecule has 0 bridgehead atoms. The second kappa shape index (κ2) is 9.38. The number of nitriles is 1. The highest BCUT2D eigenvalue weighted by molar-refractivity contribution is 6.30. The van der Waals surface area contributed by atoms with Crippen LogP contribution in [0.5, 0.6) is 0 Å². The van der Waals surface area contributed by atoms with E-state index in [0.29, 0.717) is 6.42 Å². The third-order valence-electron chi connectivity index (χ3n) is 3.21. The van der Waals surface area contributed by atoms with Crippen molar-refractivity contribution in [3.05, 3.63) is 34.6 Å². The Bertz CT molecular complexity index is 459. The third kappa shape index (κ3) is 4.76. The molecule has 1 saturated heterocycles. The lowest BCUT2D eigenvalue weighted by Crippen LogP contribution is -2.45. The highest BCUT2D eigenvalue weighted by Crippen LogP contribution is 2.27. The minimum absolute atomic E-state index is 0. The zero-order valence-electron chi connectivity index (χ0n) is 10.8. The van der Waals surface area contributed by atoms with E-state index in [2.05, 4.69) is 16.3 Å². The molecule has 1 heterocycles. The van der Waals surface area contributed by atoms with E-state index in [1.54, 1.807) is 12.1 Å². The smallest absolute Gasteiger partial charge is 0.142 e. The van der Waals surface area contributed by atoms with Crippen molar-refractivity contribution in [2.75, 3.05) is 26.2 Å². The summed E-state index contributed by atoms with van der Waals surface area (Å²) in [6, 6.07) is 6.92. The van der Waals surface area contributed by atoms with Crippen molar-refractivity contribution < 1.29 is 4.39 Å². The SMILES string of the molecule is Cl.Cl.N#CC[C@@H](c1ccc(Cl)c(F)c1)N1CCNCC1. The molecule has 0 amide bonds. The van der Waals surface area contributed by atoms with Crippen LogP contribution in [0.1, 0.15) is 18.0 Å². The molecular formula is C13H17Cl3FN3. The van der Waals surface area contributed by atoms with Gasteiger partial charge in [0.2, 0.25) is 0 Å². The topological polar surface area (TPSA) is 39.1 Å². The Balaban J connectivity index is 0.00000180. The summed E-state index contributed by atoms with van der Waals surface area (Å²) in [6.45, 7) is 3.54. The summed E-state index contributed by atoms with van der Waals surface area (Å²) >= 11 is 5.68. The molecule has 2 rings (SSSR count). The Kier molecular flexibility index (Phi) is 9.11. The van der Waals surface area contributed by atoms with Crippen LogP contribution in [0.3, 0.4) is 0 Å². The number of hydrogen-bond acceptors (Lipinski definition) is 3. The molecule has 1 fully saturated rings. The van der Waals surface area contributed by atoms with Crippen molar-refractivity contribution in [1.82, 2.24) is 10.2 Å². The Labute approximate surface area is 135 Å². The van der Waals surface area contributed by atoms with Gasteiger partial charge < -0.3 is 5.32 Å². The number of rotatable bonds is 3. The molecule has 0 saturated carbocycles. The van der Waals surface area contributed by atoms with Gasteiger partial charge in [-0.25, -0.2) is 4.39 Å². The van der Waals surface area contributed by atoms with Crippen molar-refractivity contribution in [2.24, 2.45) is 0 Å². The van der Waals surface area contributed by atoms with Crippen LogP contribution in [-0.4, -0.2) is 31.1 Å². The van der Waals surface area contributed by atoms with E-state index in [-0.39, 0.29) is 35.9 Å². The number of halogens is 4. The zero-order valence-corrected chi connectivity index (χ0v) is 13.2. The highest BCUT2D eigenvalue weighted by Gasteiger charge is 2.22. The first-order valence-electron chi connectivity index (χ1n) is 5.99. The van der Waals surface area contributed by atoms with Gasteiger partial charge in [-0.1, -0.05) is 17.7 Å². The molecule has 112 valence electrons. The van der Waals surface area contributed by atoms with E-state index in [1.807, 2.05) is 0 Å². The van der Waals surface area contributed by atoms with Crippen molar-refractivity contribution in [2.45, 2.75) is 12.5 Å². The van der Waals surface area contributed by atoms with Gasteiger partial charge in [-0.3, -0.25) is 4.90 Å². The van der Waals surface area contributed by atoms with Gasteiger partial charge >= 0.3 is 0 Å². The number of benzene rings is 1. The van der Waals surface area contributed by atoms with Crippen LogP contribution in [0.15, 0.2) is 18.2 Å². The second-order valence-corrected chi connectivity index (χ2v) is 4.74. The van der Waals surface area contributed by atoms with Gasteiger partial charge in [0.1, 0.15) is 5.82 Å². The summed E-state index contributed by atoms with van der Waals surface area (Å²) in [5.41, 5.74) is 0.820. The summed E-state index contributed by atoms with van der Waals surface area (Å²) in [5, 5.41) is 12.3. The minimum Gasteiger partial charge on any atom is -0.314 e. The molecule has 1 aliphatic heterocycles. The maximum Gasteiger partial charge on any atom is 0.142 e. The fourth-order valence-corrected chi connectivity index (χ4v) is 2.38. The number of nitrogens with one attached hydrogen (secondary N) is 1. The molecule has 7 heteroatoms. The van der Waals surface area contributed by atoms with E-state index in [9.17, 15) is 4.39 Å². The van der Waals surface area contributed by atoms with Crippen molar-refractivity contribution >= 4 is 36.4 Å². The van der Waals surface area contributed by atoms with E-state index >= 15 is 0 Å². The predicted molar refractivity (Wildman–Crippen MR) is 83.3 cm³/mol. The van der Waals surface area contributed by atoms with Crippen LogP contribution < -0.4 is 5.32 Å². The van der Waals surface area contributed by atoms with E-state index in [0.717, 1.165) is 31.7 Å². The first-order valence-corrected chi connectivity index (χ1v) is 6.37. The van der Waals surface area contributed by atoms with Crippen LogP contribution in [0.4, 0.5) is 4.39 Å². The van der Waals surface area contributed by atoms with Gasteiger partial charge in [0, 0.05) is 32.2 Å². The van der Waals surface area contributed by atoms with E-state index in [4.69, 9.17) is 16.9 Å². The molecule has 0 unspecified atom stereocenters. The molecule has 0 radical (unpaired) electrons. The molecular weight excluding hydrogens is 324 g/mol. The van der Waals surface area contributed by atoms with Crippen LogP contribution in [0.25, 0.3) is 0 Å². The Morgan fingerprint density at radius 2 is 2.00 bits per heavy atom. The van der Waals surface area contributed by atoms with Crippen LogP contribution in [0, 0.1) is 17.1 Å². The fraction of sp³-hybridized carbons (Fsp3) is 0.462. The first-order chi connectivity index (χ1) is 8.72. The highest BCUT2D eigenvalue weighted by atomic mass is 35.5. The van der Waals surface area contributed by atoms with Gasteiger partial charge in [0.05, 0.1) is 17.5 Å². The Morgan fingerprint density at radius 3 is 2.55 bits per heavy atom. The number of hydrogen-bond donors (Lipinski definition) is 1. The molecule has 20 heavy (non-hydrogen) atoms. The van der Waals surface area contributed by atoms with E-state index in [1.165, 1.54) is 6.07 Å². The lowest BCUT2D eigenvalue weighted by atomic mass is 10.0. The average Bonchev–Trinajstić information content (AvgIpc) is 2.40. The first kappa shape index (κ1) is 19.4. The molecule has 1 aromatic carbocycles. The monoisotopic (exact) mass is 339 g/mol. The van der Waals surface area contributed by atoms with Crippen molar-refractivity contribution in [1.29, 1.82) is 5.26 Å². The predicted octanol–water partition coefficient (Wildman–Crippen LogP) is 3.18. The second-order valence-electron chi connectivity index (χ2n) is 4.34. The maximum absolute atomic E-state index is 13.5. The van der Waals surface area contributed by atoms with Crippen LogP contribution >= 0.6 is 36.4 Å². The fourth-order valence-electron chi connectivity index (χ4n) is 2.26. The molecule has 1 atom stereocenters. The zero-order chi connectivity index (χ0) is 13.0. The third-order valence-corrected chi connectivity index (χ3v) is 3.51. The van der Waals surface area contributed by atoms with Crippen LogP contribution in [0.2, 0.25) is 5.02 Å². The largest absolute Gasteiger partial charge is 0.314 e. The number of piperazine rings is 1. The lowest BCUT2D eigenvalue weighted by molar-refractivity contribution is 0.175. The molecule has 0 spiro atoms. The van der Waals surface area contributed by atoms with Gasteiger partial charge in [-0.2, -0.15) is 5.26 Å². The molecule has 1 aliphatic rings. The summed E-state index contributed by atoms with van der Waals surface area (Å²) in [5.74, 6) is -0.424.